The maximum absolute atomic E-state index is 10.8. The van der Waals surface area contributed by atoms with Crippen molar-refractivity contribution in [3.05, 3.63) is 17.5 Å². The first kappa shape index (κ1) is 16.4. The molecule has 0 fully saturated rings. The fourth-order valence-electron chi connectivity index (χ4n) is 1.84. The number of carboxylic acids is 1. The monoisotopic (exact) mass is 343 g/mol. The third-order valence-corrected chi connectivity index (χ3v) is 5.65. The Morgan fingerprint density at radius 2 is 2.33 bits per heavy atom. The van der Waals surface area contributed by atoms with Gasteiger partial charge in [0.05, 0.1) is 10.6 Å². The van der Waals surface area contributed by atoms with Crippen molar-refractivity contribution >= 4 is 40.8 Å². The predicted molar refractivity (Wildman–Crippen MR) is 89.4 cm³/mol. The van der Waals surface area contributed by atoms with E-state index in [0.717, 1.165) is 22.2 Å². The fraction of sp³-hybridized carbons (Fsp3) is 0.462. The van der Waals surface area contributed by atoms with Crippen molar-refractivity contribution in [2.75, 3.05) is 17.3 Å². The summed E-state index contributed by atoms with van der Waals surface area (Å²) in [5.74, 6) is 1.98. The Morgan fingerprint density at radius 3 is 2.95 bits per heavy atom. The van der Waals surface area contributed by atoms with Crippen LogP contribution in [0.5, 0.6) is 0 Å². The molecule has 2 heterocycles. The molecule has 0 amide bonds. The molecule has 0 aromatic carbocycles. The third-order valence-electron chi connectivity index (χ3n) is 2.73. The summed E-state index contributed by atoms with van der Waals surface area (Å²) in [6.45, 7) is 4.25. The molecule has 0 saturated heterocycles. The van der Waals surface area contributed by atoms with E-state index in [1.165, 1.54) is 11.8 Å². The van der Waals surface area contributed by atoms with Crippen molar-refractivity contribution in [1.82, 2.24) is 14.8 Å². The summed E-state index contributed by atoms with van der Waals surface area (Å²) in [6.07, 6.45) is 0. The van der Waals surface area contributed by atoms with Crippen molar-refractivity contribution in [3.8, 4) is 10.7 Å². The van der Waals surface area contributed by atoms with Gasteiger partial charge in [-0.2, -0.15) is 11.8 Å². The van der Waals surface area contributed by atoms with Crippen LogP contribution in [0, 0.1) is 0 Å². The summed E-state index contributed by atoms with van der Waals surface area (Å²) in [7, 11) is 0. The Balaban J connectivity index is 2.30. The number of hydrogen-bond donors (Lipinski definition) is 1. The van der Waals surface area contributed by atoms with Gasteiger partial charge >= 0.3 is 5.97 Å². The lowest BCUT2D eigenvalue weighted by Gasteiger charge is -2.16. The first-order chi connectivity index (χ1) is 10.1. The summed E-state index contributed by atoms with van der Waals surface area (Å²) >= 11 is 4.69. The molecule has 0 radical (unpaired) electrons. The van der Waals surface area contributed by atoms with Crippen LogP contribution >= 0.6 is 34.9 Å². The molecule has 0 aliphatic rings. The maximum Gasteiger partial charge on any atom is 0.313 e. The van der Waals surface area contributed by atoms with E-state index in [9.17, 15) is 4.79 Å². The number of nitrogens with zero attached hydrogens (tertiary/aromatic N) is 3. The predicted octanol–water partition coefficient (Wildman–Crippen LogP) is 3.50. The number of carbonyl (C=O) groups is 1. The number of carboxylic acid groups (broad SMARTS) is 1. The molecule has 0 bridgehead atoms. The van der Waals surface area contributed by atoms with E-state index >= 15 is 0 Å². The summed E-state index contributed by atoms with van der Waals surface area (Å²) < 4.78 is 2.06. The van der Waals surface area contributed by atoms with Gasteiger partial charge in [0.15, 0.2) is 11.0 Å². The highest BCUT2D eigenvalue weighted by Crippen LogP contribution is 2.31. The van der Waals surface area contributed by atoms with Gasteiger partial charge in [-0.25, -0.2) is 0 Å². The third kappa shape index (κ3) is 4.24. The summed E-state index contributed by atoms with van der Waals surface area (Å²) in [6, 6.07) is 4.21. The molecule has 0 saturated carbocycles. The molecule has 2 rings (SSSR count). The van der Waals surface area contributed by atoms with Crippen LogP contribution in [0.2, 0.25) is 0 Å². The van der Waals surface area contributed by atoms with Gasteiger partial charge in [0.25, 0.3) is 0 Å². The van der Waals surface area contributed by atoms with E-state index in [2.05, 4.69) is 28.6 Å². The van der Waals surface area contributed by atoms with Gasteiger partial charge in [0.2, 0.25) is 0 Å². The average Bonchev–Trinajstić information content (AvgIpc) is 3.10. The second kappa shape index (κ2) is 7.86. The van der Waals surface area contributed by atoms with Crippen molar-refractivity contribution in [2.24, 2.45) is 0 Å². The fourth-order valence-corrected chi connectivity index (χ4v) is 4.02. The van der Waals surface area contributed by atoms with E-state index in [1.807, 2.05) is 29.3 Å². The van der Waals surface area contributed by atoms with Crippen molar-refractivity contribution in [3.63, 3.8) is 0 Å². The Bertz CT molecular complexity index is 584. The molecule has 0 aliphatic carbocycles. The van der Waals surface area contributed by atoms with Crippen LogP contribution < -0.4 is 0 Å². The summed E-state index contributed by atoms with van der Waals surface area (Å²) in [5, 5.41) is 20.0. The molecule has 5 nitrogen and oxygen atoms in total. The molecule has 2 aromatic rings. The second-order valence-electron chi connectivity index (χ2n) is 4.34. The van der Waals surface area contributed by atoms with Gasteiger partial charge in [-0.1, -0.05) is 24.8 Å². The topological polar surface area (TPSA) is 68.0 Å². The minimum absolute atomic E-state index is 0.00376. The van der Waals surface area contributed by atoms with E-state index in [-0.39, 0.29) is 11.8 Å². The van der Waals surface area contributed by atoms with Gasteiger partial charge in [-0.15, -0.1) is 21.5 Å². The van der Waals surface area contributed by atoms with Crippen molar-refractivity contribution < 1.29 is 9.90 Å². The first-order valence-corrected chi connectivity index (χ1v) is 9.56. The zero-order valence-electron chi connectivity index (χ0n) is 11.9. The van der Waals surface area contributed by atoms with Crippen LogP contribution in [0.1, 0.15) is 19.9 Å². The molecular formula is C13H17N3O2S3. The standard InChI is InChI=1S/C13H17N3O2S3/c1-3-19-7-9(2)16-12(10-5-4-6-20-10)14-15-13(16)21-8-11(17)18/h4-6,9H,3,7-8H2,1-2H3,(H,17,18). The van der Waals surface area contributed by atoms with E-state index in [0.29, 0.717) is 5.16 Å². The highest BCUT2D eigenvalue weighted by Gasteiger charge is 2.20. The van der Waals surface area contributed by atoms with Crippen LogP contribution in [0.3, 0.4) is 0 Å². The van der Waals surface area contributed by atoms with Crippen LogP contribution in [-0.2, 0) is 4.79 Å². The molecule has 1 N–H and O–H groups in total. The molecule has 21 heavy (non-hydrogen) atoms. The Kier molecular flexibility index (Phi) is 6.13. The van der Waals surface area contributed by atoms with Crippen molar-refractivity contribution in [2.45, 2.75) is 25.0 Å². The van der Waals surface area contributed by atoms with Crippen LogP contribution in [0.4, 0.5) is 0 Å². The molecule has 0 aliphatic heterocycles. The zero-order valence-corrected chi connectivity index (χ0v) is 14.3. The lowest BCUT2D eigenvalue weighted by molar-refractivity contribution is -0.133. The SMILES string of the molecule is CCSCC(C)n1c(SCC(=O)O)nnc1-c1cccs1. The molecule has 2 aromatic heterocycles. The van der Waals surface area contributed by atoms with E-state index in [1.54, 1.807) is 11.3 Å². The minimum atomic E-state index is -0.845. The van der Waals surface area contributed by atoms with Gasteiger partial charge in [-0.3, -0.25) is 9.36 Å². The number of rotatable bonds is 8. The molecule has 114 valence electrons. The smallest absolute Gasteiger partial charge is 0.313 e. The van der Waals surface area contributed by atoms with Gasteiger partial charge in [-0.05, 0) is 24.1 Å². The Hall–Kier alpha value is -0.990. The molecule has 1 unspecified atom stereocenters. The Labute approximate surface area is 136 Å². The lowest BCUT2D eigenvalue weighted by atomic mass is 10.3. The van der Waals surface area contributed by atoms with E-state index in [4.69, 9.17) is 5.11 Å². The lowest BCUT2D eigenvalue weighted by Crippen LogP contribution is -2.11. The van der Waals surface area contributed by atoms with Crippen molar-refractivity contribution in [1.29, 1.82) is 0 Å². The van der Waals surface area contributed by atoms with Crippen LogP contribution in [-0.4, -0.2) is 43.1 Å². The normalized spacial score (nSPS) is 12.5. The highest BCUT2D eigenvalue weighted by atomic mass is 32.2. The number of thiophene rings is 1. The average molecular weight is 343 g/mol. The minimum Gasteiger partial charge on any atom is -0.481 e. The number of hydrogen-bond acceptors (Lipinski definition) is 6. The number of thioether (sulfide) groups is 2. The van der Waals surface area contributed by atoms with Gasteiger partial charge in [0.1, 0.15) is 0 Å². The van der Waals surface area contributed by atoms with Gasteiger partial charge < -0.3 is 5.11 Å². The Morgan fingerprint density at radius 1 is 1.52 bits per heavy atom. The molecule has 8 heteroatoms. The second-order valence-corrected chi connectivity index (χ2v) is 7.55. The number of aromatic nitrogens is 3. The van der Waals surface area contributed by atoms with Gasteiger partial charge in [0, 0.05) is 11.8 Å². The first-order valence-electron chi connectivity index (χ1n) is 6.54. The molecule has 0 spiro atoms. The number of aliphatic carboxylic acids is 1. The quantitative estimate of drug-likeness (QED) is 0.740. The maximum atomic E-state index is 10.8. The highest BCUT2D eigenvalue weighted by molar-refractivity contribution is 7.99. The summed E-state index contributed by atoms with van der Waals surface area (Å²) in [5.41, 5.74) is 0. The van der Waals surface area contributed by atoms with Crippen LogP contribution in [0.25, 0.3) is 10.7 Å². The zero-order chi connectivity index (χ0) is 15.2. The van der Waals surface area contributed by atoms with E-state index < -0.39 is 5.97 Å². The molecule has 1 atom stereocenters. The molecular weight excluding hydrogens is 326 g/mol. The largest absolute Gasteiger partial charge is 0.481 e. The van der Waals surface area contributed by atoms with Crippen LogP contribution in [0.15, 0.2) is 22.7 Å². The summed E-state index contributed by atoms with van der Waals surface area (Å²) in [4.78, 5) is 11.8.